The molecule has 19 heavy (non-hydrogen) atoms. The Morgan fingerprint density at radius 1 is 1.26 bits per heavy atom. The fourth-order valence-corrected chi connectivity index (χ4v) is 2.46. The molecule has 0 radical (unpaired) electrons. The molecule has 8 heteroatoms. The zero-order valence-electron chi connectivity index (χ0n) is 9.18. The van der Waals surface area contributed by atoms with Crippen molar-refractivity contribution in [2.24, 2.45) is 0 Å². The summed E-state index contributed by atoms with van der Waals surface area (Å²) in [6.07, 6.45) is 0. The maximum Gasteiger partial charge on any atom is 0.348 e. The van der Waals surface area contributed by atoms with Crippen LogP contribution in [0.3, 0.4) is 0 Å². The fraction of sp³-hybridized carbons (Fsp3) is 0. The highest BCUT2D eigenvalue weighted by Gasteiger charge is 2.17. The van der Waals surface area contributed by atoms with Gasteiger partial charge in [-0.1, -0.05) is 23.2 Å². The van der Waals surface area contributed by atoms with Gasteiger partial charge in [-0.05, 0) is 23.6 Å². The lowest BCUT2D eigenvalue weighted by atomic mass is 10.2. The van der Waals surface area contributed by atoms with Crippen molar-refractivity contribution in [3.63, 3.8) is 0 Å². The van der Waals surface area contributed by atoms with E-state index < -0.39 is 11.9 Å². The molecule has 5 nitrogen and oxygen atoms in total. The number of nitrogens with one attached hydrogen (secondary N) is 1. The van der Waals surface area contributed by atoms with Crippen LogP contribution >= 0.6 is 34.5 Å². The Morgan fingerprint density at radius 3 is 2.63 bits per heavy atom. The van der Waals surface area contributed by atoms with E-state index in [0.717, 1.165) is 11.3 Å². The quantitative estimate of drug-likeness (QED) is 0.850. The highest BCUT2D eigenvalue weighted by atomic mass is 35.5. The summed E-state index contributed by atoms with van der Waals surface area (Å²) < 4.78 is 0. The van der Waals surface area contributed by atoms with Crippen LogP contribution in [0.15, 0.2) is 23.6 Å². The van der Waals surface area contributed by atoms with E-state index in [9.17, 15) is 9.59 Å². The second kappa shape index (κ2) is 5.56. The molecule has 2 N–H and O–H groups in total. The molecule has 0 spiro atoms. The van der Waals surface area contributed by atoms with Crippen molar-refractivity contribution in [3.05, 3.63) is 44.3 Å². The van der Waals surface area contributed by atoms with E-state index in [2.05, 4.69) is 10.3 Å². The number of rotatable bonds is 3. The number of aromatic carboxylic acids is 1. The number of thiophene rings is 1. The van der Waals surface area contributed by atoms with Crippen molar-refractivity contribution in [2.45, 2.75) is 0 Å². The van der Waals surface area contributed by atoms with Gasteiger partial charge in [-0.25, -0.2) is 9.78 Å². The first kappa shape index (κ1) is 13.8. The van der Waals surface area contributed by atoms with E-state index in [1.165, 1.54) is 18.2 Å². The molecule has 0 saturated carbocycles. The van der Waals surface area contributed by atoms with Crippen molar-refractivity contribution in [2.75, 3.05) is 5.32 Å². The molecule has 2 aromatic heterocycles. The molecule has 98 valence electrons. The standard InChI is InChI=1S/C11H6Cl2N2O3S/c12-7-2-1-5(9(13)15-7)10(16)14-6-3-4-19-8(6)11(17)18/h1-4H,(H,14,16)(H,17,18). The minimum Gasteiger partial charge on any atom is -0.477 e. The summed E-state index contributed by atoms with van der Waals surface area (Å²) in [4.78, 5) is 26.7. The highest BCUT2D eigenvalue weighted by Crippen LogP contribution is 2.24. The summed E-state index contributed by atoms with van der Waals surface area (Å²) in [6, 6.07) is 4.34. The number of hydrogen-bond donors (Lipinski definition) is 2. The van der Waals surface area contributed by atoms with Crippen LogP contribution in [0.1, 0.15) is 20.0 Å². The van der Waals surface area contributed by atoms with Crippen molar-refractivity contribution in [1.29, 1.82) is 0 Å². The van der Waals surface area contributed by atoms with Gasteiger partial charge in [0.25, 0.3) is 5.91 Å². The predicted octanol–water partition coefficient (Wildman–Crippen LogP) is 3.40. The van der Waals surface area contributed by atoms with Gasteiger partial charge in [0.15, 0.2) is 0 Å². The molecule has 2 aromatic rings. The van der Waals surface area contributed by atoms with E-state index in [0.29, 0.717) is 0 Å². The van der Waals surface area contributed by atoms with Gasteiger partial charge in [-0.15, -0.1) is 11.3 Å². The molecule has 1 amide bonds. The van der Waals surface area contributed by atoms with E-state index >= 15 is 0 Å². The maximum absolute atomic E-state index is 12.0. The average Bonchev–Trinajstić information content (AvgIpc) is 2.76. The second-order valence-electron chi connectivity index (χ2n) is 3.40. The summed E-state index contributed by atoms with van der Waals surface area (Å²) in [5.74, 6) is -1.65. The second-order valence-corrected chi connectivity index (χ2v) is 5.06. The summed E-state index contributed by atoms with van der Waals surface area (Å²) in [5, 5.41) is 13.1. The Labute approximate surface area is 121 Å². The number of hydrogen-bond acceptors (Lipinski definition) is 4. The topological polar surface area (TPSA) is 79.3 Å². The van der Waals surface area contributed by atoms with Gasteiger partial charge in [0, 0.05) is 0 Å². The monoisotopic (exact) mass is 316 g/mol. The maximum atomic E-state index is 12.0. The number of pyridine rings is 1. The Morgan fingerprint density at radius 2 is 2.00 bits per heavy atom. The zero-order valence-corrected chi connectivity index (χ0v) is 11.5. The van der Waals surface area contributed by atoms with Crippen LogP contribution in [0.25, 0.3) is 0 Å². The Bertz CT molecular complexity index is 657. The molecule has 0 aliphatic carbocycles. The molecule has 0 aliphatic heterocycles. The smallest absolute Gasteiger partial charge is 0.348 e. The van der Waals surface area contributed by atoms with Crippen LogP contribution in [0.4, 0.5) is 5.69 Å². The van der Waals surface area contributed by atoms with E-state index in [1.807, 2.05) is 0 Å². The van der Waals surface area contributed by atoms with Crippen LogP contribution in [-0.2, 0) is 0 Å². The Hall–Kier alpha value is -1.63. The zero-order chi connectivity index (χ0) is 14.0. The van der Waals surface area contributed by atoms with Crippen molar-refractivity contribution < 1.29 is 14.7 Å². The minimum absolute atomic E-state index is 0.0443. The van der Waals surface area contributed by atoms with Gasteiger partial charge in [0.2, 0.25) is 0 Å². The third-order valence-electron chi connectivity index (χ3n) is 2.17. The van der Waals surface area contributed by atoms with Crippen LogP contribution in [0, 0.1) is 0 Å². The molecular formula is C11H6Cl2N2O3S. The van der Waals surface area contributed by atoms with E-state index in [1.54, 1.807) is 5.38 Å². The molecule has 2 heterocycles. The van der Waals surface area contributed by atoms with Crippen molar-refractivity contribution in [3.8, 4) is 0 Å². The SMILES string of the molecule is O=C(Nc1ccsc1C(=O)O)c1ccc(Cl)nc1Cl. The number of carbonyl (C=O) groups is 2. The van der Waals surface area contributed by atoms with E-state index in [-0.39, 0.29) is 26.4 Å². The van der Waals surface area contributed by atoms with Gasteiger partial charge in [-0.2, -0.15) is 0 Å². The normalized spacial score (nSPS) is 10.2. The summed E-state index contributed by atoms with van der Waals surface area (Å²) in [6.45, 7) is 0. The van der Waals surface area contributed by atoms with Gasteiger partial charge in [-0.3, -0.25) is 4.79 Å². The van der Waals surface area contributed by atoms with Crippen LogP contribution in [-0.4, -0.2) is 22.0 Å². The van der Waals surface area contributed by atoms with Crippen molar-refractivity contribution >= 4 is 52.1 Å². The molecule has 2 rings (SSSR count). The molecule has 0 unspecified atom stereocenters. The number of halogens is 2. The third-order valence-corrected chi connectivity index (χ3v) is 3.57. The van der Waals surface area contributed by atoms with Gasteiger partial charge < -0.3 is 10.4 Å². The average molecular weight is 317 g/mol. The first-order valence-corrected chi connectivity index (χ1v) is 6.57. The summed E-state index contributed by atoms with van der Waals surface area (Å²) in [5.41, 5.74) is 0.335. The Kier molecular flexibility index (Phi) is 4.04. The molecular weight excluding hydrogens is 311 g/mol. The fourth-order valence-electron chi connectivity index (χ4n) is 1.34. The summed E-state index contributed by atoms with van der Waals surface area (Å²) >= 11 is 12.4. The lowest BCUT2D eigenvalue weighted by Crippen LogP contribution is -2.14. The molecule has 0 fully saturated rings. The largest absolute Gasteiger partial charge is 0.477 e. The highest BCUT2D eigenvalue weighted by molar-refractivity contribution is 7.12. The Balaban J connectivity index is 2.26. The van der Waals surface area contributed by atoms with Gasteiger partial charge in [0.1, 0.15) is 15.2 Å². The number of carboxylic acids is 1. The van der Waals surface area contributed by atoms with Crippen LogP contribution < -0.4 is 5.32 Å². The van der Waals surface area contributed by atoms with Gasteiger partial charge in [0.05, 0.1) is 11.3 Å². The number of carbonyl (C=O) groups excluding carboxylic acids is 1. The predicted molar refractivity (Wildman–Crippen MR) is 73.5 cm³/mol. The minimum atomic E-state index is -1.11. The third kappa shape index (κ3) is 3.04. The molecule has 0 aliphatic rings. The van der Waals surface area contributed by atoms with Gasteiger partial charge >= 0.3 is 5.97 Å². The number of amides is 1. The number of aromatic nitrogens is 1. The molecule has 0 aromatic carbocycles. The first-order chi connectivity index (χ1) is 8.99. The number of anilines is 1. The number of carboxylic acid groups (broad SMARTS) is 1. The lowest BCUT2D eigenvalue weighted by molar-refractivity contribution is 0.0703. The molecule has 0 atom stereocenters. The summed E-state index contributed by atoms with van der Waals surface area (Å²) in [7, 11) is 0. The van der Waals surface area contributed by atoms with E-state index in [4.69, 9.17) is 28.3 Å². The lowest BCUT2D eigenvalue weighted by Gasteiger charge is -2.05. The number of nitrogens with zero attached hydrogens (tertiary/aromatic N) is 1. The van der Waals surface area contributed by atoms with Crippen LogP contribution in [0.5, 0.6) is 0 Å². The van der Waals surface area contributed by atoms with Crippen molar-refractivity contribution in [1.82, 2.24) is 4.98 Å². The van der Waals surface area contributed by atoms with Crippen LogP contribution in [0.2, 0.25) is 10.3 Å². The first-order valence-electron chi connectivity index (χ1n) is 4.93. The molecule has 0 bridgehead atoms. The molecule has 0 saturated heterocycles.